The van der Waals surface area contributed by atoms with Crippen LogP contribution in [-0.2, 0) is 24.2 Å². The van der Waals surface area contributed by atoms with E-state index < -0.39 is 0 Å². The Morgan fingerprint density at radius 1 is 1.41 bits per heavy atom. The summed E-state index contributed by atoms with van der Waals surface area (Å²) in [7, 11) is 0. The third kappa shape index (κ3) is 2.35. The van der Waals surface area contributed by atoms with Gasteiger partial charge in [0.1, 0.15) is 11.8 Å². The summed E-state index contributed by atoms with van der Waals surface area (Å²) in [5.74, 6) is 0.926. The predicted molar refractivity (Wildman–Crippen MR) is 80.5 cm³/mol. The number of aromatic nitrogens is 2. The van der Waals surface area contributed by atoms with Crippen molar-refractivity contribution in [2.75, 3.05) is 13.2 Å². The number of nitrogens with one attached hydrogen (secondary N) is 3. The van der Waals surface area contributed by atoms with Gasteiger partial charge in [0.15, 0.2) is 0 Å². The van der Waals surface area contributed by atoms with Crippen molar-refractivity contribution in [2.24, 2.45) is 0 Å². The second kappa shape index (κ2) is 5.46. The van der Waals surface area contributed by atoms with Gasteiger partial charge in [-0.15, -0.1) is 0 Å². The molecule has 114 valence electrons. The molecule has 0 fully saturated rings. The molecule has 3 heterocycles. The van der Waals surface area contributed by atoms with Crippen LogP contribution in [0.15, 0.2) is 24.5 Å². The normalized spacial score (nSPS) is 19.2. The minimum atomic E-state index is -0.368. The Kier molecular flexibility index (Phi) is 3.31. The Morgan fingerprint density at radius 2 is 2.36 bits per heavy atom. The molecule has 0 radical (unpaired) electrons. The smallest absolute Gasteiger partial charge is 0.243 e. The maximum Gasteiger partial charge on any atom is 0.243 e. The van der Waals surface area contributed by atoms with Crippen molar-refractivity contribution in [1.82, 2.24) is 20.6 Å². The molecule has 0 unspecified atom stereocenters. The van der Waals surface area contributed by atoms with Gasteiger partial charge in [-0.2, -0.15) is 0 Å². The van der Waals surface area contributed by atoms with E-state index in [0.717, 1.165) is 48.7 Å². The standard InChI is InChI=1S/C16H18N4O2/c21-16(15-14-12(3-5-17-15)19-9-20-14)18-8-10-1-2-13-11(7-10)4-6-22-13/h1-2,7,9,15,17H,3-6,8H2,(H,18,21)(H,19,20)/t15-/m0/s1. The fraction of sp³-hybridized carbons (Fsp3) is 0.375. The van der Waals surface area contributed by atoms with E-state index >= 15 is 0 Å². The number of amides is 1. The fourth-order valence-corrected chi connectivity index (χ4v) is 3.08. The maximum absolute atomic E-state index is 12.4. The minimum absolute atomic E-state index is 0.0372. The number of nitrogens with zero attached hydrogens (tertiary/aromatic N) is 1. The molecule has 6 nitrogen and oxygen atoms in total. The first-order valence-corrected chi connectivity index (χ1v) is 7.59. The molecule has 0 aliphatic carbocycles. The van der Waals surface area contributed by atoms with Gasteiger partial charge in [0.05, 0.1) is 18.6 Å². The van der Waals surface area contributed by atoms with Gasteiger partial charge in [0.2, 0.25) is 5.91 Å². The quantitative estimate of drug-likeness (QED) is 0.785. The number of ether oxygens (including phenoxy) is 1. The van der Waals surface area contributed by atoms with Crippen LogP contribution < -0.4 is 15.4 Å². The van der Waals surface area contributed by atoms with Crippen LogP contribution in [0.5, 0.6) is 5.75 Å². The Labute approximate surface area is 128 Å². The number of imidazole rings is 1. The third-order valence-corrected chi connectivity index (χ3v) is 4.23. The van der Waals surface area contributed by atoms with Gasteiger partial charge in [-0.3, -0.25) is 4.79 Å². The second-order valence-corrected chi connectivity index (χ2v) is 5.66. The maximum atomic E-state index is 12.4. The average Bonchev–Trinajstić information content (AvgIpc) is 3.20. The molecule has 22 heavy (non-hydrogen) atoms. The van der Waals surface area contributed by atoms with Crippen LogP contribution in [0.1, 0.15) is 28.6 Å². The van der Waals surface area contributed by atoms with Gasteiger partial charge in [0, 0.05) is 31.6 Å². The predicted octanol–water partition coefficient (Wildman–Crippen LogP) is 0.848. The van der Waals surface area contributed by atoms with E-state index in [1.54, 1.807) is 6.33 Å². The zero-order valence-electron chi connectivity index (χ0n) is 12.2. The Bertz CT molecular complexity index is 710. The van der Waals surface area contributed by atoms with Crippen LogP contribution in [0, 0.1) is 0 Å². The molecule has 0 saturated heterocycles. The molecular formula is C16H18N4O2. The highest BCUT2D eigenvalue weighted by molar-refractivity contribution is 5.83. The van der Waals surface area contributed by atoms with Crippen molar-refractivity contribution in [3.63, 3.8) is 0 Å². The third-order valence-electron chi connectivity index (χ3n) is 4.23. The lowest BCUT2D eigenvalue weighted by Crippen LogP contribution is -2.41. The molecule has 3 N–H and O–H groups in total. The Balaban J connectivity index is 1.43. The summed E-state index contributed by atoms with van der Waals surface area (Å²) in [6, 6.07) is 5.72. The number of carbonyl (C=O) groups excluding carboxylic acids is 1. The second-order valence-electron chi connectivity index (χ2n) is 5.66. The fourth-order valence-electron chi connectivity index (χ4n) is 3.08. The first-order chi connectivity index (χ1) is 10.8. The molecule has 0 spiro atoms. The van der Waals surface area contributed by atoms with E-state index in [9.17, 15) is 4.79 Å². The van der Waals surface area contributed by atoms with Crippen LogP contribution in [0.4, 0.5) is 0 Å². The molecule has 4 rings (SSSR count). The lowest BCUT2D eigenvalue weighted by atomic mass is 10.0. The molecule has 1 atom stereocenters. The number of aromatic amines is 1. The van der Waals surface area contributed by atoms with Crippen LogP contribution in [0.25, 0.3) is 0 Å². The van der Waals surface area contributed by atoms with Gasteiger partial charge >= 0.3 is 0 Å². The Morgan fingerprint density at radius 3 is 3.32 bits per heavy atom. The summed E-state index contributed by atoms with van der Waals surface area (Å²) in [6.07, 6.45) is 3.47. The van der Waals surface area contributed by atoms with E-state index in [1.807, 2.05) is 12.1 Å². The first-order valence-electron chi connectivity index (χ1n) is 7.59. The van der Waals surface area contributed by atoms with E-state index in [-0.39, 0.29) is 11.9 Å². The van der Waals surface area contributed by atoms with Crippen molar-refractivity contribution < 1.29 is 9.53 Å². The molecule has 6 heteroatoms. The zero-order valence-corrected chi connectivity index (χ0v) is 12.2. The van der Waals surface area contributed by atoms with Crippen molar-refractivity contribution in [2.45, 2.75) is 25.4 Å². The average molecular weight is 298 g/mol. The highest BCUT2D eigenvalue weighted by atomic mass is 16.5. The molecule has 2 aromatic rings. The number of fused-ring (bicyclic) bond motifs is 2. The van der Waals surface area contributed by atoms with E-state index in [1.165, 1.54) is 5.56 Å². The summed E-state index contributed by atoms with van der Waals surface area (Å²) >= 11 is 0. The summed E-state index contributed by atoms with van der Waals surface area (Å²) in [4.78, 5) is 19.8. The van der Waals surface area contributed by atoms with E-state index in [0.29, 0.717) is 6.54 Å². The van der Waals surface area contributed by atoms with Crippen molar-refractivity contribution in [1.29, 1.82) is 0 Å². The number of hydrogen-bond acceptors (Lipinski definition) is 4. The molecule has 0 saturated carbocycles. The van der Waals surface area contributed by atoms with Crippen molar-refractivity contribution in [3.8, 4) is 5.75 Å². The molecule has 2 aliphatic rings. The number of H-pyrrole nitrogens is 1. The summed E-state index contributed by atoms with van der Waals surface area (Å²) < 4.78 is 5.50. The summed E-state index contributed by atoms with van der Waals surface area (Å²) in [5, 5.41) is 6.22. The van der Waals surface area contributed by atoms with Crippen molar-refractivity contribution >= 4 is 5.91 Å². The molecule has 1 amide bonds. The van der Waals surface area contributed by atoms with Crippen LogP contribution >= 0.6 is 0 Å². The molecule has 0 bridgehead atoms. The number of benzene rings is 1. The van der Waals surface area contributed by atoms with Gasteiger partial charge in [-0.25, -0.2) is 4.98 Å². The largest absolute Gasteiger partial charge is 0.493 e. The van der Waals surface area contributed by atoms with Gasteiger partial charge in [-0.1, -0.05) is 12.1 Å². The number of hydrogen-bond donors (Lipinski definition) is 3. The molecule has 2 aliphatic heterocycles. The highest BCUT2D eigenvalue weighted by Gasteiger charge is 2.28. The summed E-state index contributed by atoms with van der Waals surface area (Å²) in [5.41, 5.74) is 4.17. The highest BCUT2D eigenvalue weighted by Crippen LogP contribution is 2.26. The zero-order chi connectivity index (χ0) is 14.9. The Hall–Kier alpha value is -2.34. The molecule has 1 aromatic carbocycles. The lowest BCUT2D eigenvalue weighted by Gasteiger charge is -2.22. The number of rotatable bonds is 3. The topological polar surface area (TPSA) is 79.0 Å². The minimum Gasteiger partial charge on any atom is -0.493 e. The van der Waals surface area contributed by atoms with E-state index in [2.05, 4.69) is 26.7 Å². The van der Waals surface area contributed by atoms with Crippen LogP contribution in [0.2, 0.25) is 0 Å². The van der Waals surface area contributed by atoms with Crippen molar-refractivity contribution in [3.05, 3.63) is 47.0 Å². The van der Waals surface area contributed by atoms with Crippen LogP contribution in [-0.4, -0.2) is 29.0 Å². The summed E-state index contributed by atoms with van der Waals surface area (Å²) in [6.45, 7) is 2.05. The molecular weight excluding hydrogens is 280 g/mol. The first kappa shape index (κ1) is 13.3. The van der Waals surface area contributed by atoms with E-state index in [4.69, 9.17) is 4.74 Å². The van der Waals surface area contributed by atoms with Gasteiger partial charge in [0.25, 0.3) is 0 Å². The van der Waals surface area contributed by atoms with Gasteiger partial charge < -0.3 is 20.4 Å². The SMILES string of the molecule is O=C(NCc1ccc2c(c1)CCO2)[C@H]1NCCc2[nH]cnc21. The monoisotopic (exact) mass is 298 g/mol. The van der Waals surface area contributed by atoms with Gasteiger partial charge in [-0.05, 0) is 17.2 Å². The lowest BCUT2D eigenvalue weighted by molar-refractivity contribution is -0.123. The number of carbonyl (C=O) groups is 1. The van der Waals surface area contributed by atoms with Crippen LogP contribution in [0.3, 0.4) is 0 Å². The molecule has 1 aromatic heterocycles.